The molecule has 19 heavy (non-hydrogen) atoms. The van der Waals surface area contributed by atoms with Crippen LogP contribution in [0.15, 0.2) is 48.7 Å². The number of ether oxygens (including phenoxy) is 2. The van der Waals surface area contributed by atoms with Gasteiger partial charge in [0.15, 0.2) is 0 Å². The number of hydrogen-bond acceptors (Lipinski definition) is 4. The molecule has 1 heterocycles. The molecule has 1 aromatic carbocycles. The number of rotatable bonds is 5. The highest BCUT2D eigenvalue weighted by molar-refractivity contribution is 5.88. The van der Waals surface area contributed by atoms with Crippen LogP contribution in [-0.2, 0) is 0 Å². The van der Waals surface area contributed by atoms with E-state index >= 15 is 0 Å². The zero-order valence-electron chi connectivity index (χ0n) is 10.7. The second-order valence-electron chi connectivity index (χ2n) is 3.92. The van der Waals surface area contributed by atoms with Gasteiger partial charge in [0.1, 0.15) is 17.2 Å². The molecule has 4 nitrogen and oxygen atoms in total. The summed E-state index contributed by atoms with van der Waals surface area (Å²) in [5.74, 6) is 0.766. The Bertz CT molecular complexity index is 523. The Morgan fingerprint density at radius 1 is 1.11 bits per heavy atom. The van der Waals surface area contributed by atoms with Crippen LogP contribution in [0.2, 0.25) is 0 Å². The summed E-state index contributed by atoms with van der Waals surface area (Å²) < 4.78 is 10.6. The Kier molecular flexibility index (Phi) is 4.50. The van der Waals surface area contributed by atoms with Crippen LogP contribution in [0, 0.1) is 0 Å². The molecule has 0 saturated carbocycles. The van der Waals surface area contributed by atoms with E-state index in [4.69, 9.17) is 9.47 Å². The molecule has 0 atom stereocenters. The Balaban J connectivity index is 1.98. The third-order valence-electron chi connectivity index (χ3n) is 2.38. The molecule has 0 saturated heterocycles. The lowest BCUT2D eigenvalue weighted by atomic mass is 10.3. The first-order valence-electron chi connectivity index (χ1n) is 6.15. The quantitative estimate of drug-likeness (QED) is 0.610. The molecular formula is C15H15NO3. The fourth-order valence-electron chi connectivity index (χ4n) is 1.47. The van der Waals surface area contributed by atoms with E-state index in [1.807, 2.05) is 6.92 Å². The summed E-state index contributed by atoms with van der Waals surface area (Å²) in [5, 5.41) is 0. The molecular weight excluding hydrogens is 242 g/mol. The first-order valence-corrected chi connectivity index (χ1v) is 6.15. The van der Waals surface area contributed by atoms with Crippen molar-refractivity contribution >= 4 is 5.97 Å². The molecule has 0 bridgehead atoms. The lowest BCUT2D eigenvalue weighted by molar-refractivity contribution is 0.0728. The summed E-state index contributed by atoms with van der Waals surface area (Å²) in [7, 11) is 0. The van der Waals surface area contributed by atoms with E-state index in [1.165, 1.54) is 0 Å². The molecule has 0 aliphatic heterocycles. The molecule has 0 unspecified atom stereocenters. The molecule has 0 spiro atoms. The van der Waals surface area contributed by atoms with Crippen LogP contribution < -0.4 is 9.47 Å². The highest BCUT2D eigenvalue weighted by Crippen LogP contribution is 2.18. The van der Waals surface area contributed by atoms with Gasteiger partial charge in [-0.15, -0.1) is 0 Å². The van der Waals surface area contributed by atoms with Crippen molar-refractivity contribution in [2.24, 2.45) is 0 Å². The van der Waals surface area contributed by atoms with Crippen molar-refractivity contribution in [2.45, 2.75) is 13.3 Å². The van der Waals surface area contributed by atoms with Gasteiger partial charge in [-0.3, -0.25) is 0 Å². The summed E-state index contributed by atoms with van der Waals surface area (Å²) in [6.07, 6.45) is 2.51. The highest BCUT2D eigenvalue weighted by atomic mass is 16.5. The van der Waals surface area contributed by atoms with E-state index in [-0.39, 0.29) is 5.69 Å². The van der Waals surface area contributed by atoms with Crippen LogP contribution in [0.1, 0.15) is 23.8 Å². The normalized spacial score (nSPS) is 9.95. The second kappa shape index (κ2) is 6.54. The Labute approximate surface area is 112 Å². The fourth-order valence-corrected chi connectivity index (χ4v) is 1.47. The Morgan fingerprint density at radius 3 is 2.47 bits per heavy atom. The van der Waals surface area contributed by atoms with Gasteiger partial charge >= 0.3 is 5.97 Å². The Hall–Kier alpha value is -2.36. The maximum absolute atomic E-state index is 11.8. The van der Waals surface area contributed by atoms with Crippen LogP contribution in [0.3, 0.4) is 0 Å². The molecule has 0 aliphatic carbocycles. The van der Waals surface area contributed by atoms with Crippen LogP contribution >= 0.6 is 0 Å². The zero-order chi connectivity index (χ0) is 13.5. The average molecular weight is 257 g/mol. The topological polar surface area (TPSA) is 48.4 Å². The van der Waals surface area contributed by atoms with Crippen molar-refractivity contribution in [3.63, 3.8) is 0 Å². The van der Waals surface area contributed by atoms with Crippen molar-refractivity contribution in [2.75, 3.05) is 6.61 Å². The maximum atomic E-state index is 11.8. The van der Waals surface area contributed by atoms with Gasteiger partial charge in [0.25, 0.3) is 0 Å². The highest BCUT2D eigenvalue weighted by Gasteiger charge is 2.09. The van der Waals surface area contributed by atoms with E-state index in [0.29, 0.717) is 12.4 Å². The van der Waals surface area contributed by atoms with Gasteiger partial charge in [-0.05, 0) is 42.8 Å². The van der Waals surface area contributed by atoms with Crippen LogP contribution in [-0.4, -0.2) is 17.6 Å². The van der Waals surface area contributed by atoms with Crippen LogP contribution in [0.4, 0.5) is 0 Å². The van der Waals surface area contributed by atoms with Crippen molar-refractivity contribution in [1.29, 1.82) is 0 Å². The lowest BCUT2D eigenvalue weighted by Crippen LogP contribution is -2.10. The summed E-state index contributed by atoms with van der Waals surface area (Å²) in [6, 6.07) is 12.0. The van der Waals surface area contributed by atoms with Crippen molar-refractivity contribution in [1.82, 2.24) is 4.98 Å². The minimum Gasteiger partial charge on any atom is -0.494 e. The third kappa shape index (κ3) is 3.81. The molecule has 0 fully saturated rings. The van der Waals surface area contributed by atoms with Crippen molar-refractivity contribution in [3.05, 3.63) is 54.4 Å². The summed E-state index contributed by atoms with van der Waals surface area (Å²) in [6.45, 7) is 2.72. The Morgan fingerprint density at radius 2 is 1.84 bits per heavy atom. The minimum atomic E-state index is -0.470. The van der Waals surface area contributed by atoms with Crippen LogP contribution in [0.5, 0.6) is 11.5 Å². The molecule has 0 aliphatic rings. The van der Waals surface area contributed by atoms with Crippen molar-refractivity contribution < 1.29 is 14.3 Å². The number of aromatic nitrogens is 1. The molecule has 0 radical (unpaired) electrons. The van der Waals surface area contributed by atoms with E-state index in [9.17, 15) is 4.79 Å². The molecule has 2 aromatic rings. The molecule has 0 N–H and O–H groups in total. The third-order valence-corrected chi connectivity index (χ3v) is 2.38. The minimum absolute atomic E-state index is 0.286. The first kappa shape index (κ1) is 13.1. The SMILES string of the molecule is CCCOc1ccc(OC(=O)c2ccccn2)cc1. The number of nitrogens with zero attached hydrogens (tertiary/aromatic N) is 1. The standard InChI is InChI=1S/C15H15NO3/c1-2-11-18-12-6-8-13(9-7-12)19-15(17)14-5-3-4-10-16-14/h3-10H,2,11H2,1H3. The number of carbonyl (C=O) groups excluding carboxylic acids is 1. The van der Waals surface area contributed by atoms with Crippen molar-refractivity contribution in [3.8, 4) is 11.5 Å². The summed E-state index contributed by atoms with van der Waals surface area (Å²) >= 11 is 0. The number of carbonyl (C=O) groups is 1. The number of hydrogen-bond donors (Lipinski definition) is 0. The van der Waals surface area contributed by atoms with Gasteiger partial charge < -0.3 is 9.47 Å². The summed E-state index contributed by atoms with van der Waals surface area (Å²) in [4.78, 5) is 15.7. The number of benzene rings is 1. The fraction of sp³-hybridized carbons (Fsp3) is 0.200. The molecule has 98 valence electrons. The van der Waals surface area contributed by atoms with Crippen LogP contribution in [0.25, 0.3) is 0 Å². The van der Waals surface area contributed by atoms with Gasteiger partial charge in [0.2, 0.25) is 0 Å². The smallest absolute Gasteiger partial charge is 0.362 e. The number of pyridine rings is 1. The van der Waals surface area contributed by atoms with E-state index in [0.717, 1.165) is 12.2 Å². The van der Waals surface area contributed by atoms with Gasteiger partial charge in [-0.2, -0.15) is 0 Å². The monoisotopic (exact) mass is 257 g/mol. The second-order valence-corrected chi connectivity index (χ2v) is 3.92. The largest absolute Gasteiger partial charge is 0.494 e. The molecule has 2 rings (SSSR count). The zero-order valence-corrected chi connectivity index (χ0v) is 10.7. The molecule has 1 aromatic heterocycles. The predicted octanol–water partition coefficient (Wildman–Crippen LogP) is 3.09. The molecule has 4 heteroatoms. The molecule has 0 amide bonds. The maximum Gasteiger partial charge on any atom is 0.362 e. The van der Waals surface area contributed by atoms with E-state index < -0.39 is 5.97 Å². The lowest BCUT2D eigenvalue weighted by Gasteiger charge is -2.06. The first-order chi connectivity index (χ1) is 9.29. The van der Waals surface area contributed by atoms with Gasteiger partial charge in [0.05, 0.1) is 6.61 Å². The van der Waals surface area contributed by atoms with Gasteiger partial charge in [0, 0.05) is 6.20 Å². The van der Waals surface area contributed by atoms with E-state index in [2.05, 4.69) is 4.98 Å². The predicted molar refractivity (Wildman–Crippen MR) is 71.4 cm³/mol. The van der Waals surface area contributed by atoms with E-state index in [1.54, 1.807) is 48.7 Å². The average Bonchev–Trinajstić information content (AvgIpc) is 2.47. The summed E-state index contributed by atoms with van der Waals surface area (Å²) in [5.41, 5.74) is 0.286. The van der Waals surface area contributed by atoms with Gasteiger partial charge in [-0.1, -0.05) is 13.0 Å². The van der Waals surface area contributed by atoms with Gasteiger partial charge in [-0.25, -0.2) is 9.78 Å². The number of esters is 1.